The predicted octanol–water partition coefficient (Wildman–Crippen LogP) is -0.853. The van der Waals surface area contributed by atoms with Crippen molar-refractivity contribution in [1.29, 1.82) is 0 Å². The van der Waals surface area contributed by atoms with Crippen molar-refractivity contribution in [2.24, 2.45) is 0 Å². The van der Waals surface area contributed by atoms with E-state index in [0.29, 0.717) is 0 Å². The third-order valence-electron chi connectivity index (χ3n) is 3.53. The highest BCUT2D eigenvalue weighted by Gasteiger charge is 2.45. The normalized spacial score (nSPS) is 31.7. The van der Waals surface area contributed by atoms with Crippen molar-refractivity contribution in [3.05, 3.63) is 35.9 Å². The number of aliphatic hydroxyl groups excluding tert-OH is 3. The molecule has 7 heteroatoms. The van der Waals surface area contributed by atoms with Crippen LogP contribution >= 0.6 is 0 Å². The van der Waals surface area contributed by atoms with Gasteiger partial charge in [-0.05, 0) is 5.56 Å². The monoisotopic (exact) mass is 311 g/mol. The number of carbonyl (C=O) groups excluding carboxylic acids is 1. The molecule has 22 heavy (non-hydrogen) atoms. The van der Waals surface area contributed by atoms with Crippen molar-refractivity contribution in [3.8, 4) is 0 Å². The number of benzene rings is 1. The molecular formula is C15H21NO6. The maximum atomic E-state index is 11.3. The fourth-order valence-corrected chi connectivity index (χ4v) is 2.44. The Morgan fingerprint density at radius 3 is 2.59 bits per heavy atom. The summed E-state index contributed by atoms with van der Waals surface area (Å²) in [7, 11) is 0. The standard InChI is InChI=1S/C15H21NO6/c1-9(18)16-12-14(13(19)11(7-17)22-15(12)20)21-8-10-5-3-2-4-6-10/h2-6,11-15,17,19-20H,7-8H2,1H3,(H,16,18)/t11-,12+,13+,14+,15-/m1/s1. The first-order chi connectivity index (χ1) is 10.5. The van der Waals surface area contributed by atoms with Crippen LogP contribution in [0.1, 0.15) is 12.5 Å². The Hall–Kier alpha value is -1.51. The number of rotatable bonds is 5. The van der Waals surface area contributed by atoms with Crippen LogP contribution in [0.25, 0.3) is 0 Å². The van der Waals surface area contributed by atoms with Crippen molar-refractivity contribution < 1.29 is 29.6 Å². The highest BCUT2D eigenvalue weighted by molar-refractivity contribution is 5.73. The van der Waals surface area contributed by atoms with Gasteiger partial charge in [0.05, 0.1) is 13.2 Å². The molecule has 1 aromatic carbocycles. The number of hydrogen-bond donors (Lipinski definition) is 4. The number of ether oxygens (including phenoxy) is 2. The van der Waals surface area contributed by atoms with Crippen molar-refractivity contribution in [3.63, 3.8) is 0 Å². The van der Waals surface area contributed by atoms with Gasteiger partial charge in [0, 0.05) is 6.92 Å². The molecule has 1 aliphatic heterocycles. The summed E-state index contributed by atoms with van der Waals surface area (Å²) in [6, 6.07) is 8.39. The summed E-state index contributed by atoms with van der Waals surface area (Å²) >= 11 is 0. The Bertz CT molecular complexity index is 482. The summed E-state index contributed by atoms with van der Waals surface area (Å²) in [6.07, 6.45) is -4.41. The van der Waals surface area contributed by atoms with Crippen molar-refractivity contribution in [2.45, 2.75) is 44.2 Å². The fourth-order valence-electron chi connectivity index (χ4n) is 2.44. The molecule has 0 saturated carbocycles. The zero-order chi connectivity index (χ0) is 16.1. The lowest BCUT2D eigenvalue weighted by Crippen LogP contribution is -2.64. The Kier molecular flexibility index (Phi) is 5.87. The van der Waals surface area contributed by atoms with Gasteiger partial charge in [0.2, 0.25) is 5.91 Å². The molecule has 1 aliphatic rings. The Morgan fingerprint density at radius 2 is 2.00 bits per heavy atom. The zero-order valence-electron chi connectivity index (χ0n) is 12.3. The number of carbonyl (C=O) groups is 1. The lowest BCUT2D eigenvalue weighted by Gasteiger charge is -2.42. The summed E-state index contributed by atoms with van der Waals surface area (Å²) in [5.41, 5.74) is 0.887. The van der Waals surface area contributed by atoms with Gasteiger partial charge in [0.25, 0.3) is 0 Å². The minimum atomic E-state index is -1.37. The quantitative estimate of drug-likeness (QED) is 0.564. The Balaban J connectivity index is 2.10. The summed E-state index contributed by atoms with van der Waals surface area (Å²) in [5.74, 6) is -0.379. The zero-order valence-corrected chi connectivity index (χ0v) is 12.3. The second-order valence-electron chi connectivity index (χ2n) is 5.23. The molecule has 0 bridgehead atoms. The van der Waals surface area contributed by atoms with E-state index >= 15 is 0 Å². The van der Waals surface area contributed by atoms with E-state index in [1.54, 1.807) is 0 Å². The molecule has 0 aliphatic carbocycles. The van der Waals surface area contributed by atoms with Crippen molar-refractivity contribution in [2.75, 3.05) is 6.61 Å². The molecule has 122 valence electrons. The van der Waals surface area contributed by atoms with Crippen molar-refractivity contribution in [1.82, 2.24) is 5.32 Å². The largest absolute Gasteiger partial charge is 0.394 e. The van der Waals surface area contributed by atoms with Crippen LogP contribution < -0.4 is 5.32 Å². The van der Waals surface area contributed by atoms with E-state index in [9.17, 15) is 20.1 Å². The predicted molar refractivity (Wildman–Crippen MR) is 76.6 cm³/mol. The summed E-state index contributed by atoms with van der Waals surface area (Å²) in [5, 5.41) is 31.9. The van der Waals surface area contributed by atoms with Gasteiger partial charge < -0.3 is 30.1 Å². The molecule has 0 aromatic heterocycles. The van der Waals surface area contributed by atoms with E-state index in [4.69, 9.17) is 9.47 Å². The number of aliphatic hydroxyl groups is 3. The van der Waals surface area contributed by atoms with Gasteiger partial charge in [-0.2, -0.15) is 0 Å². The highest BCUT2D eigenvalue weighted by atomic mass is 16.6. The molecule has 0 radical (unpaired) electrons. The molecule has 5 atom stereocenters. The molecule has 7 nitrogen and oxygen atoms in total. The molecule has 1 fully saturated rings. The summed E-state index contributed by atoms with van der Waals surface area (Å²) < 4.78 is 10.8. The highest BCUT2D eigenvalue weighted by Crippen LogP contribution is 2.23. The van der Waals surface area contributed by atoms with Gasteiger partial charge in [0.1, 0.15) is 24.4 Å². The van der Waals surface area contributed by atoms with E-state index in [1.807, 2.05) is 30.3 Å². The molecular weight excluding hydrogens is 290 g/mol. The lowest BCUT2D eigenvalue weighted by molar-refractivity contribution is -0.263. The smallest absolute Gasteiger partial charge is 0.217 e. The summed E-state index contributed by atoms with van der Waals surface area (Å²) in [6.45, 7) is 1.03. The van der Waals surface area contributed by atoms with Crippen molar-refractivity contribution >= 4 is 5.91 Å². The van der Waals surface area contributed by atoms with Gasteiger partial charge in [-0.25, -0.2) is 0 Å². The van der Waals surface area contributed by atoms with Gasteiger partial charge in [0.15, 0.2) is 6.29 Å². The molecule has 1 heterocycles. The molecule has 4 N–H and O–H groups in total. The van der Waals surface area contributed by atoms with Gasteiger partial charge in [-0.1, -0.05) is 30.3 Å². The van der Waals surface area contributed by atoms with Crippen LogP contribution in [0.5, 0.6) is 0 Å². The maximum absolute atomic E-state index is 11.3. The second-order valence-corrected chi connectivity index (χ2v) is 5.23. The second kappa shape index (κ2) is 7.66. The first-order valence-corrected chi connectivity index (χ1v) is 7.08. The van der Waals surface area contributed by atoms with Crippen LogP contribution in [0.15, 0.2) is 30.3 Å². The van der Waals surface area contributed by atoms with Crippen LogP contribution in [0.3, 0.4) is 0 Å². The van der Waals surface area contributed by atoms with E-state index in [0.717, 1.165) is 5.56 Å². The van der Waals surface area contributed by atoms with Gasteiger partial charge in [-0.15, -0.1) is 0 Å². The van der Waals surface area contributed by atoms with Crippen LogP contribution in [0, 0.1) is 0 Å². The summed E-state index contributed by atoms with van der Waals surface area (Å²) in [4.78, 5) is 11.3. The third-order valence-corrected chi connectivity index (χ3v) is 3.53. The molecule has 0 unspecified atom stereocenters. The minimum absolute atomic E-state index is 0.198. The maximum Gasteiger partial charge on any atom is 0.217 e. The Morgan fingerprint density at radius 1 is 1.32 bits per heavy atom. The number of amides is 1. The number of nitrogens with one attached hydrogen (secondary N) is 1. The van der Waals surface area contributed by atoms with E-state index in [-0.39, 0.29) is 12.5 Å². The first kappa shape index (κ1) is 16.9. The molecule has 0 spiro atoms. The third kappa shape index (κ3) is 4.02. The van der Waals surface area contributed by atoms with Crippen LogP contribution in [0.2, 0.25) is 0 Å². The Labute approximate surface area is 128 Å². The van der Waals surface area contributed by atoms with Crippen LogP contribution in [-0.2, 0) is 20.9 Å². The minimum Gasteiger partial charge on any atom is -0.394 e. The molecule has 1 amide bonds. The van der Waals surface area contributed by atoms with Gasteiger partial charge >= 0.3 is 0 Å². The first-order valence-electron chi connectivity index (χ1n) is 7.08. The topological polar surface area (TPSA) is 108 Å². The fraction of sp³-hybridized carbons (Fsp3) is 0.533. The number of hydrogen-bond acceptors (Lipinski definition) is 6. The van der Waals surface area contributed by atoms with E-state index in [2.05, 4.69) is 5.32 Å². The van der Waals surface area contributed by atoms with Gasteiger partial charge in [-0.3, -0.25) is 4.79 Å². The lowest BCUT2D eigenvalue weighted by atomic mass is 9.96. The average Bonchev–Trinajstić information content (AvgIpc) is 2.50. The SMILES string of the molecule is CC(=O)N[C@H]1[C@H](OCc2ccccc2)[C@@H](O)[C@@H](CO)O[C@H]1O. The van der Waals surface area contributed by atoms with Crippen LogP contribution in [-0.4, -0.2) is 58.5 Å². The molecule has 1 aromatic rings. The van der Waals surface area contributed by atoms with Crippen LogP contribution in [0.4, 0.5) is 0 Å². The molecule has 1 saturated heterocycles. The van der Waals surface area contributed by atoms with E-state index < -0.39 is 37.3 Å². The average molecular weight is 311 g/mol. The molecule has 2 rings (SSSR count). The van der Waals surface area contributed by atoms with E-state index in [1.165, 1.54) is 6.92 Å².